The fourth-order valence-electron chi connectivity index (χ4n) is 0.112. The van der Waals surface area contributed by atoms with Gasteiger partial charge in [-0.1, -0.05) is 0 Å². The van der Waals surface area contributed by atoms with Crippen LogP contribution in [0.4, 0.5) is 0 Å². The van der Waals surface area contributed by atoms with Gasteiger partial charge in [0.25, 0.3) is 0 Å². The average Bonchev–Trinajstić information content (AvgIpc) is 1.41. The van der Waals surface area contributed by atoms with E-state index in [1.807, 2.05) is 0 Å². The molecule has 0 heterocycles. The molecule has 0 aromatic heterocycles. The molecule has 0 unspecified atom stereocenters. The van der Waals surface area contributed by atoms with Gasteiger partial charge < -0.3 is 5.32 Å². The third-order valence-electron chi connectivity index (χ3n) is 0.224. The highest BCUT2D eigenvalue weighted by atomic mass is 14.9. The van der Waals surface area contributed by atoms with Gasteiger partial charge in [-0.15, -0.1) is 0 Å². The number of rotatable bonds is 1. The summed E-state index contributed by atoms with van der Waals surface area (Å²) < 4.78 is 0. The fourth-order valence-corrected chi connectivity index (χ4v) is 0.112. The maximum absolute atomic E-state index is 3.49. The molecule has 2 nitrogen and oxygen atoms in total. The molecule has 0 aliphatic heterocycles. The van der Waals surface area contributed by atoms with Gasteiger partial charge >= 0.3 is 0 Å². The van der Waals surface area contributed by atoms with Crippen LogP contribution < -0.4 is 5.32 Å². The minimum absolute atomic E-state index is 1.66. The van der Waals surface area contributed by atoms with Crippen LogP contribution in [0.1, 0.15) is 0 Å². The Morgan fingerprint density at radius 2 is 2.40 bits per heavy atom. The highest BCUT2D eigenvalue weighted by Crippen LogP contribution is 1.36. The number of aliphatic imine (C=N–C) groups is 1. The minimum Gasteiger partial charge on any atom is -0.370 e. The molecule has 0 rings (SSSR count). The van der Waals surface area contributed by atoms with Crippen LogP contribution in [-0.4, -0.2) is 20.4 Å². The van der Waals surface area contributed by atoms with Crippen LogP contribution >= 0.6 is 0 Å². The summed E-state index contributed by atoms with van der Waals surface area (Å²) in [6.07, 6.45) is 2.49. The highest BCUT2D eigenvalue weighted by Gasteiger charge is 1.48. The van der Waals surface area contributed by atoms with Crippen molar-refractivity contribution in [3.05, 3.63) is 0 Å². The quantitative estimate of drug-likeness (QED) is 0.257. The lowest BCUT2D eigenvalue weighted by molar-refractivity contribution is 1.19. The van der Waals surface area contributed by atoms with Gasteiger partial charge in [-0.25, -0.2) is 0 Å². The summed E-state index contributed by atoms with van der Waals surface area (Å²) in [6.45, 7) is 0. The molecule has 0 aliphatic carbocycles. The Hall–Kier alpha value is -0.530. The van der Waals surface area contributed by atoms with Crippen molar-refractivity contribution in [2.45, 2.75) is 0 Å². The summed E-state index contributed by atoms with van der Waals surface area (Å²) in [6, 6.07) is 0. The third-order valence-corrected chi connectivity index (χ3v) is 0.224. The van der Waals surface area contributed by atoms with Crippen LogP contribution in [0.3, 0.4) is 0 Å². The summed E-state index contributed by atoms with van der Waals surface area (Å²) in [5, 5.41) is 2.60. The molecular formula is C3H7N2. The molecule has 0 aromatic carbocycles. The smallest absolute Gasteiger partial charge is 0.163 e. The van der Waals surface area contributed by atoms with Crippen molar-refractivity contribution < 1.29 is 0 Å². The zero-order valence-corrected chi connectivity index (χ0v) is 3.45. The standard InChI is InChI=1S/C3H7N2/c1-4-3-5-2/h1-2H3,(H,4,5). The van der Waals surface area contributed by atoms with Crippen molar-refractivity contribution >= 4 is 6.34 Å². The van der Waals surface area contributed by atoms with E-state index in [0.717, 1.165) is 0 Å². The molecule has 0 saturated heterocycles. The van der Waals surface area contributed by atoms with Crippen LogP contribution in [0.2, 0.25) is 0 Å². The monoisotopic (exact) mass is 71.1 g/mol. The number of hydrogen-bond acceptors (Lipinski definition) is 1. The van der Waals surface area contributed by atoms with E-state index in [1.165, 1.54) is 0 Å². The molecule has 1 N–H and O–H groups in total. The van der Waals surface area contributed by atoms with E-state index in [1.54, 1.807) is 14.1 Å². The summed E-state index contributed by atoms with van der Waals surface area (Å²) in [5.74, 6) is 0. The lowest BCUT2D eigenvalue weighted by atomic mass is 11.1. The normalized spacial score (nSPS) is 9.20. The topological polar surface area (TPSA) is 24.4 Å². The molecule has 0 fully saturated rings. The second-order valence-electron chi connectivity index (χ2n) is 0.585. The summed E-state index contributed by atoms with van der Waals surface area (Å²) in [5.41, 5.74) is 0. The van der Waals surface area contributed by atoms with Crippen LogP contribution in [-0.2, 0) is 0 Å². The Balaban J connectivity index is 2.62. The average molecular weight is 71.1 g/mol. The lowest BCUT2D eigenvalue weighted by Gasteiger charge is -1.72. The van der Waals surface area contributed by atoms with Crippen molar-refractivity contribution in [3.8, 4) is 0 Å². The summed E-state index contributed by atoms with van der Waals surface area (Å²) in [4.78, 5) is 3.49. The van der Waals surface area contributed by atoms with E-state index < -0.39 is 0 Å². The van der Waals surface area contributed by atoms with Crippen LogP contribution in [0.15, 0.2) is 4.99 Å². The molecule has 0 amide bonds. The molecular weight excluding hydrogens is 64.0 g/mol. The van der Waals surface area contributed by atoms with Gasteiger partial charge in [0.15, 0.2) is 6.34 Å². The lowest BCUT2D eigenvalue weighted by Crippen LogP contribution is -1.99. The van der Waals surface area contributed by atoms with Gasteiger partial charge in [0.05, 0.1) is 0 Å². The van der Waals surface area contributed by atoms with Crippen molar-refractivity contribution in [2.24, 2.45) is 4.99 Å². The Bertz CT molecular complexity index is 31.9. The van der Waals surface area contributed by atoms with Crippen molar-refractivity contribution in [1.82, 2.24) is 5.32 Å². The first-order valence-corrected chi connectivity index (χ1v) is 1.42. The highest BCUT2D eigenvalue weighted by molar-refractivity contribution is 5.52. The molecule has 29 valence electrons. The second kappa shape index (κ2) is 3.47. The fraction of sp³-hybridized carbons (Fsp3) is 0.667. The zero-order chi connectivity index (χ0) is 4.12. The molecule has 0 atom stereocenters. The summed E-state index contributed by atoms with van der Waals surface area (Å²) >= 11 is 0. The van der Waals surface area contributed by atoms with Crippen molar-refractivity contribution in [1.29, 1.82) is 0 Å². The molecule has 1 radical (unpaired) electrons. The van der Waals surface area contributed by atoms with Crippen LogP contribution in [0.25, 0.3) is 0 Å². The van der Waals surface area contributed by atoms with E-state index in [2.05, 4.69) is 16.6 Å². The maximum Gasteiger partial charge on any atom is 0.163 e. The largest absolute Gasteiger partial charge is 0.370 e. The first-order valence-electron chi connectivity index (χ1n) is 1.42. The first kappa shape index (κ1) is 4.47. The molecule has 0 aliphatic rings. The van der Waals surface area contributed by atoms with Gasteiger partial charge in [-0.3, -0.25) is 4.99 Å². The van der Waals surface area contributed by atoms with Crippen molar-refractivity contribution in [2.75, 3.05) is 14.1 Å². The third kappa shape index (κ3) is 3.47. The van der Waals surface area contributed by atoms with E-state index in [-0.39, 0.29) is 0 Å². The van der Waals surface area contributed by atoms with E-state index in [9.17, 15) is 0 Å². The minimum atomic E-state index is 1.66. The molecule has 0 spiro atoms. The van der Waals surface area contributed by atoms with Crippen LogP contribution in [0, 0.1) is 0 Å². The van der Waals surface area contributed by atoms with Gasteiger partial charge in [-0.05, 0) is 0 Å². The van der Waals surface area contributed by atoms with Gasteiger partial charge in [-0.2, -0.15) is 0 Å². The number of hydrogen-bond donors (Lipinski definition) is 1. The van der Waals surface area contributed by atoms with E-state index in [0.29, 0.717) is 0 Å². The van der Waals surface area contributed by atoms with Gasteiger partial charge in [0.1, 0.15) is 0 Å². The molecule has 5 heavy (non-hydrogen) atoms. The zero-order valence-electron chi connectivity index (χ0n) is 3.45. The molecule has 2 heteroatoms. The SMILES string of the molecule is C/N=[C]\NC. The van der Waals surface area contributed by atoms with Crippen molar-refractivity contribution in [3.63, 3.8) is 0 Å². The Kier molecular flexibility index (Phi) is 3.10. The van der Waals surface area contributed by atoms with E-state index >= 15 is 0 Å². The van der Waals surface area contributed by atoms with E-state index in [4.69, 9.17) is 0 Å². The predicted molar refractivity (Wildman–Crippen MR) is 22.4 cm³/mol. The second-order valence-corrected chi connectivity index (χ2v) is 0.585. The number of nitrogens with zero attached hydrogens (tertiary/aromatic N) is 1. The maximum atomic E-state index is 3.49. The van der Waals surface area contributed by atoms with Gasteiger partial charge in [0.2, 0.25) is 0 Å². The predicted octanol–water partition coefficient (Wildman–Crippen LogP) is -0.259. The Morgan fingerprint density at radius 1 is 1.80 bits per heavy atom. The molecule has 0 bridgehead atoms. The summed E-state index contributed by atoms with van der Waals surface area (Å²) in [7, 11) is 3.42. The Morgan fingerprint density at radius 3 is 2.40 bits per heavy atom. The number of nitrogens with one attached hydrogen (secondary N) is 1. The molecule has 0 aromatic rings. The molecule has 0 saturated carbocycles. The Labute approximate surface area is 31.9 Å². The van der Waals surface area contributed by atoms with Gasteiger partial charge in [0, 0.05) is 14.1 Å². The van der Waals surface area contributed by atoms with Crippen LogP contribution in [0.5, 0.6) is 0 Å². The first-order chi connectivity index (χ1) is 2.41.